The van der Waals surface area contributed by atoms with Gasteiger partial charge in [-0.05, 0) is 25.0 Å². The van der Waals surface area contributed by atoms with Crippen LogP contribution in [0.15, 0.2) is 48.5 Å². The molecule has 0 heterocycles. The van der Waals surface area contributed by atoms with E-state index >= 15 is 0 Å². The van der Waals surface area contributed by atoms with Crippen molar-refractivity contribution >= 4 is 0 Å². The molecule has 0 aliphatic carbocycles. The molecule has 0 fully saturated rings. The van der Waals surface area contributed by atoms with Crippen LogP contribution in [0.1, 0.15) is 34.3 Å². The Balaban J connectivity index is 2.33. The van der Waals surface area contributed by atoms with Gasteiger partial charge in [0.05, 0.1) is 6.10 Å². The highest BCUT2D eigenvalue weighted by Crippen LogP contribution is 2.30. The van der Waals surface area contributed by atoms with Crippen LogP contribution in [0.5, 0.6) is 0 Å². The largest absolute Gasteiger partial charge is 0.388 e. The van der Waals surface area contributed by atoms with Crippen LogP contribution in [-0.2, 0) is 0 Å². The van der Waals surface area contributed by atoms with Crippen molar-refractivity contribution in [3.63, 3.8) is 0 Å². The Morgan fingerprint density at radius 1 is 0.947 bits per heavy atom. The summed E-state index contributed by atoms with van der Waals surface area (Å²) >= 11 is 0. The Kier molecular flexibility index (Phi) is 4.35. The minimum atomic E-state index is -0.564. The molecule has 2 rings (SSSR count). The molecule has 0 bridgehead atoms. The Bertz CT molecular complexity index is 516. The first-order valence-electron chi connectivity index (χ1n) is 6.63. The van der Waals surface area contributed by atoms with E-state index in [-0.39, 0.29) is 5.92 Å². The number of aliphatic hydroxyl groups excluding tert-OH is 1. The normalized spacial score (nSPS) is 14.1. The molecule has 2 heteroatoms. The van der Waals surface area contributed by atoms with Crippen LogP contribution < -0.4 is 5.73 Å². The Labute approximate surface area is 114 Å². The highest BCUT2D eigenvalue weighted by atomic mass is 16.3. The summed E-state index contributed by atoms with van der Waals surface area (Å²) in [5.41, 5.74) is 10.2. The van der Waals surface area contributed by atoms with Crippen LogP contribution in [0.3, 0.4) is 0 Å². The molecule has 2 aromatic carbocycles. The lowest BCUT2D eigenvalue weighted by molar-refractivity contribution is 0.147. The molecule has 2 nitrogen and oxygen atoms in total. The van der Waals surface area contributed by atoms with Gasteiger partial charge in [-0.15, -0.1) is 0 Å². The summed E-state index contributed by atoms with van der Waals surface area (Å²) in [6, 6.07) is 16.1. The van der Waals surface area contributed by atoms with Crippen molar-refractivity contribution in [3.05, 3.63) is 70.8 Å². The second-order valence-corrected chi connectivity index (χ2v) is 5.12. The van der Waals surface area contributed by atoms with Gasteiger partial charge < -0.3 is 10.8 Å². The molecule has 3 N–H and O–H groups in total. The molecule has 2 unspecified atom stereocenters. The van der Waals surface area contributed by atoms with Crippen molar-refractivity contribution in [3.8, 4) is 0 Å². The number of hydrogen-bond acceptors (Lipinski definition) is 2. The maximum Gasteiger partial charge on any atom is 0.0870 e. The van der Waals surface area contributed by atoms with Crippen molar-refractivity contribution < 1.29 is 5.11 Å². The molecule has 0 aliphatic rings. The van der Waals surface area contributed by atoms with Crippen LogP contribution in [0.2, 0.25) is 0 Å². The van der Waals surface area contributed by atoms with Crippen molar-refractivity contribution in [1.29, 1.82) is 0 Å². The fourth-order valence-electron chi connectivity index (χ4n) is 2.56. The van der Waals surface area contributed by atoms with Crippen LogP contribution in [0, 0.1) is 13.8 Å². The number of aliphatic hydroxyl groups is 1. The lowest BCUT2D eigenvalue weighted by atomic mass is 9.88. The summed E-state index contributed by atoms with van der Waals surface area (Å²) in [7, 11) is 0. The minimum Gasteiger partial charge on any atom is -0.388 e. The fourth-order valence-corrected chi connectivity index (χ4v) is 2.56. The third-order valence-corrected chi connectivity index (χ3v) is 3.45. The van der Waals surface area contributed by atoms with Gasteiger partial charge >= 0.3 is 0 Å². The lowest BCUT2D eigenvalue weighted by Crippen LogP contribution is -2.20. The van der Waals surface area contributed by atoms with E-state index in [2.05, 4.69) is 6.07 Å². The first kappa shape index (κ1) is 13.8. The van der Waals surface area contributed by atoms with Crippen LogP contribution in [0.25, 0.3) is 0 Å². The number of aryl methyl sites for hydroxylation is 2. The van der Waals surface area contributed by atoms with Gasteiger partial charge in [0, 0.05) is 12.5 Å². The Morgan fingerprint density at radius 2 is 1.53 bits per heavy atom. The maximum absolute atomic E-state index is 10.6. The monoisotopic (exact) mass is 255 g/mol. The molecule has 0 saturated heterocycles. The molecule has 100 valence electrons. The minimum absolute atomic E-state index is 0.0672. The Hall–Kier alpha value is -1.64. The standard InChI is InChI=1S/C17H21NO/c1-12-8-13(2)10-15(9-12)17(19)16(11-18)14-6-4-3-5-7-14/h3-10,16-17,19H,11,18H2,1-2H3. The maximum atomic E-state index is 10.6. The van der Waals surface area contributed by atoms with Gasteiger partial charge in [0.2, 0.25) is 0 Å². The van der Waals surface area contributed by atoms with Crippen LogP contribution in [-0.4, -0.2) is 11.7 Å². The molecular weight excluding hydrogens is 234 g/mol. The third kappa shape index (κ3) is 3.22. The zero-order valence-corrected chi connectivity index (χ0v) is 11.5. The molecule has 0 aliphatic heterocycles. The average Bonchev–Trinajstić information content (AvgIpc) is 2.39. The summed E-state index contributed by atoms with van der Waals surface area (Å²) < 4.78 is 0. The predicted octanol–water partition coefficient (Wildman–Crippen LogP) is 3.08. The second-order valence-electron chi connectivity index (χ2n) is 5.12. The lowest BCUT2D eigenvalue weighted by Gasteiger charge is -2.23. The van der Waals surface area contributed by atoms with Crippen molar-refractivity contribution in [2.24, 2.45) is 5.73 Å². The van der Waals surface area contributed by atoms with Crippen LogP contribution in [0.4, 0.5) is 0 Å². The molecule has 0 saturated carbocycles. The highest BCUT2D eigenvalue weighted by molar-refractivity contribution is 5.33. The van der Waals surface area contributed by atoms with Gasteiger partial charge in [0.1, 0.15) is 0 Å². The van der Waals surface area contributed by atoms with Gasteiger partial charge in [-0.1, -0.05) is 59.7 Å². The van der Waals surface area contributed by atoms with E-state index in [1.807, 2.05) is 56.3 Å². The summed E-state index contributed by atoms with van der Waals surface area (Å²) in [5.74, 6) is -0.0672. The van der Waals surface area contributed by atoms with E-state index in [1.165, 1.54) is 0 Å². The van der Waals surface area contributed by atoms with Gasteiger partial charge in [-0.3, -0.25) is 0 Å². The van der Waals surface area contributed by atoms with Crippen molar-refractivity contribution in [2.75, 3.05) is 6.54 Å². The van der Waals surface area contributed by atoms with E-state index in [4.69, 9.17) is 5.73 Å². The number of benzene rings is 2. The first-order valence-corrected chi connectivity index (χ1v) is 6.63. The second kappa shape index (κ2) is 6.00. The predicted molar refractivity (Wildman–Crippen MR) is 79.1 cm³/mol. The van der Waals surface area contributed by atoms with Crippen LogP contribution >= 0.6 is 0 Å². The zero-order valence-electron chi connectivity index (χ0n) is 11.5. The number of rotatable bonds is 4. The molecule has 2 atom stereocenters. The molecule has 0 spiro atoms. The molecule has 0 radical (unpaired) electrons. The first-order chi connectivity index (χ1) is 9.11. The quantitative estimate of drug-likeness (QED) is 0.882. The summed E-state index contributed by atoms with van der Waals surface area (Å²) in [5, 5.41) is 10.6. The van der Waals surface area contributed by atoms with Gasteiger partial charge in [0.15, 0.2) is 0 Å². The SMILES string of the molecule is Cc1cc(C)cc(C(O)C(CN)c2ccccc2)c1. The molecular formula is C17H21NO. The highest BCUT2D eigenvalue weighted by Gasteiger charge is 2.21. The van der Waals surface area contributed by atoms with E-state index in [0.29, 0.717) is 6.54 Å². The van der Waals surface area contributed by atoms with Gasteiger partial charge in [0.25, 0.3) is 0 Å². The molecule has 0 aromatic heterocycles. The van der Waals surface area contributed by atoms with E-state index in [1.54, 1.807) is 0 Å². The van der Waals surface area contributed by atoms with Gasteiger partial charge in [-0.2, -0.15) is 0 Å². The Morgan fingerprint density at radius 3 is 2.05 bits per heavy atom. The van der Waals surface area contributed by atoms with E-state index in [0.717, 1.165) is 22.3 Å². The van der Waals surface area contributed by atoms with E-state index < -0.39 is 6.10 Å². The molecule has 2 aromatic rings. The fraction of sp³-hybridized carbons (Fsp3) is 0.294. The third-order valence-electron chi connectivity index (χ3n) is 3.45. The zero-order chi connectivity index (χ0) is 13.8. The summed E-state index contributed by atoms with van der Waals surface area (Å²) in [4.78, 5) is 0. The van der Waals surface area contributed by atoms with Crippen molar-refractivity contribution in [1.82, 2.24) is 0 Å². The summed E-state index contributed by atoms with van der Waals surface area (Å²) in [6.45, 7) is 4.52. The number of nitrogens with two attached hydrogens (primary N) is 1. The molecule has 19 heavy (non-hydrogen) atoms. The topological polar surface area (TPSA) is 46.2 Å². The smallest absolute Gasteiger partial charge is 0.0870 e. The molecule has 0 amide bonds. The number of hydrogen-bond donors (Lipinski definition) is 2. The van der Waals surface area contributed by atoms with Crippen molar-refractivity contribution in [2.45, 2.75) is 25.9 Å². The van der Waals surface area contributed by atoms with Gasteiger partial charge in [-0.25, -0.2) is 0 Å². The summed E-state index contributed by atoms with van der Waals surface area (Å²) in [6.07, 6.45) is -0.564. The van der Waals surface area contributed by atoms with E-state index in [9.17, 15) is 5.11 Å². The average molecular weight is 255 g/mol.